The van der Waals surface area contributed by atoms with E-state index in [-0.39, 0.29) is 11.4 Å². The molecule has 0 fully saturated rings. The molecule has 90 valence electrons. The summed E-state index contributed by atoms with van der Waals surface area (Å²) in [6.07, 6.45) is 3.55. The fraction of sp³-hybridized carbons (Fsp3) is 0.636. The van der Waals surface area contributed by atoms with Crippen molar-refractivity contribution >= 4 is 5.91 Å². The second-order valence-electron chi connectivity index (χ2n) is 4.87. The molecule has 1 heterocycles. The molecule has 0 saturated heterocycles. The van der Waals surface area contributed by atoms with Gasteiger partial charge < -0.3 is 15.2 Å². The molecule has 0 aromatic carbocycles. The zero-order valence-corrected chi connectivity index (χ0v) is 10.4. The molecule has 1 aromatic heterocycles. The summed E-state index contributed by atoms with van der Waals surface area (Å²) in [5.41, 5.74) is 0.747. The molecule has 1 aromatic rings. The van der Waals surface area contributed by atoms with Crippen molar-refractivity contribution in [1.29, 1.82) is 0 Å². The Balaban J connectivity index is 2.50. The zero-order valence-electron chi connectivity index (χ0n) is 10.4. The molecular formula is C11H20N4O. The number of imidazole rings is 1. The minimum atomic E-state index is -0.189. The lowest BCUT2D eigenvalue weighted by Crippen LogP contribution is -2.42. The summed E-state index contributed by atoms with van der Waals surface area (Å²) in [6, 6.07) is 0. The Kier molecular flexibility index (Phi) is 4.06. The number of carbonyl (C=O) groups excluding carboxylic acids is 1. The maximum Gasteiger partial charge on any atom is 0.240 e. The van der Waals surface area contributed by atoms with Crippen molar-refractivity contribution in [3.8, 4) is 0 Å². The van der Waals surface area contributed by atoms with Gasteiger partial charge in [-0.15, -0.1) is 0 Å². The van der Waals surface area contributed by atoms with Gasteiger partial charge in [-0.1, -0.05) is 0 Å². The van der Waals surface area contributed by atoms with Crippen molar-refractivity contribution in [2.45, 2.75) is 39.4 Å². The molecule has 0 radical (unpaired) electrons. The van der Waals surface area contributed by atoms with E-state index in [0.717, 1.165) is 5.69 Å². The normalized spacial score (nSPS) is 11.5. The van der Waals surface area contributed by atoms with Crippen molar-refractivity contribution in [2.24, 2.45) is 0 Å². The van der Waals surface area contributed by atoms with Crippen LogP contribution in [0.25, 0.3) is 0 Å². The first-order valence-corrected chi connectivity index (χ1v) is 5.37. The van der Waals surface area contributed by atoms with Gasteiger partial charge in [-0.3, -0.25) is 4.79 Å². The minimum absolute atomic E-state index is 0.000840. The van der Waals surface area contributed by atoms with Crippen LogP contribution in [0.5, 0.6) is 0 Å². The number of nitrogens with zero attached hydrogens (tertiary/aromatic N) is 2. The Bertz CT molecular complexity index is 351. The van der Waals surface area contributed by atoms with Gasteiger partial charge in [0.2, 0.25) is 5.91 Å². The molecule has 0 aliphatic heterocycles. The van der Waals surface area contributed by atoms with Gasteiger partial charge in [0, 0.05) is 18.3 Å². The van der Waals surface area contributed by atoms with Crippen LogP contribution in [-0.2, 0) is 17.9 Å². The number of hydrogen-bond donors (Lipinski definition) is 2. The molecule has 2 N–H and O–H groups in total. The molecule has 0 spiro atoms. The predicted octanol–water partition coefficient (Wildman–Crippen LogP) is 0.517. The SMILES string of the molecule is CNCc1cn(CC(=O)NC(C)(C)C)cn1. The van der Waals surface area contributed by atoms with E-state index in [2.05, 4.69) is 15.6 Å². The maximum absolute atomic E-state index is 11.6. The lowest BCUT2D eigenvalue weighted by atomic mass is 10.1. The number of carbonyl (C=O) groups is 1. The van der Waals surface area contributed by atoms with E-state index in [1.165, 1.54) is 0 Å². The highest BCUT2D eigenvalue weighted by Crippen LogP contribution is 2.00. The molecule has 0 aliphatic carbocycles. The molecule has 0 saturated carbocycles. The Morgan fingerprint density at radius 1 is 1.50 bits per heavy atom. The zero-order chi connectivity index (χ0) is 12.2. The molecule has 5 nitrogen and oxygen atoms in total. The van der Waals surface area contributed by atoms with Gasteiger partial charge >= 0.3 is 0 Å². The van der Waals surface area contributed by atoms with Gasteiger partial charge in [0.1, 0.15) is 6.54 Å². The molecule has 1 rings (SSSR count). The topological polar surface area (TPSA) is 59.0 Å². The van der Waals surface area contributed by atoms with Crippen LogP contribution in [0.4, 0.5) is 0 Å². The summed E-state index contributed by atoms with van der Waals surface area (Å²) < 4.78 is 1.79. The second-order valence-corrected chi connectivity index (χ2v) is 4.87. The van der Waals surface area contributed by atoms with Gasteiger partial charge in [0.25, 0.3) is 0 Å². The van der Waals surface area contributed by atoms with Gasteiger partial charge in [-0.2, -0.15) is 0 Å². The van der Waals surface area contributed by atoms with Crippen molar-refractivity contribution < 1.29 is 4.79 Å². The highest BCUT2D eigenvalue weighted by Gasteiger charge is 2.13. The summed E-state index contributed by atoms with van der Waals surface area (Å²) >= 11 is 0. The third-order valence-electron chi connectivity index (χ3n) is 1.89. The lowest BCUT2D eigenvalue weighted by Gasteiger charge is -2.20. The van der Waals surface area contributed by atoms with E-state index < -0.39 is 0 Å². The Labute approximate surface area is 96.3 Å². The van der Waals surface area contributed by atoms with Crippen molar-refractivity contribution in [3.05, 3.63) is 18.2 Å². The average molecular weight is 224 g/mol. The quantitative estimate of drug-likeness (QED) is 0.783. The van der Waals surface area contributed by atoms with Crippen LogP contribution in [0.15, 0.2) is 12.5 Å². The molecule has 0 unspecified atom stereocenters. The highest BCUT2D eigenvalue weighted by molar-refractivity contribution is 5.76. The van der Waals surface area contributed by atoms with Crippen molar-refractivity contribution in [2.75, 3.05) is 7.05 Å². The average Bonchev–Trinajstić information content (AvgIpc) is 2.49. The molecule has 1 amide bonds. The fourth-order valence-electron chi connectivity index (χ4n) is 1.39. The Morgan fingerprint density at radius 3 is 2.75 bits per heavy atom. The van der Waals surface area contributed by atoms with E-state index in [4.69, 9.17) is 0 Å². The fourth-order valence-corrected chi connectivity index (χ4v) is 1.39. The molecule has 16 heavy (non-hydrogen) atoms. The molecule has 5 heteroatoms. The standard InChI is InChI=1S/C11H20N4O/c1-11(2,3)14-10(16)7-15-6-9(5-12-4)13-8-15/h6,8,12H,5,7H2,1-4H3,(H,14,16). The molecule has 0 bridgehead atoms. The first kappa shape index (κ1) is 12.7. The Hall–Kier alpha value is -1.36. The first-order chi connectivity index (χ1) is 7.40. The van der Waals surface area contributed by atoms with E-state index in [1.54, 1.807) is 10.9 Å². The van der Waals surface area contributed by atoms with Crippen molar-refractivity contribution in [1.82, 2.24) is 20.2 Å². The molecular weight excluding hydrogens is 204 g/mol. The van der Waals surface area contributed by atoms with Crippen LogP contribution in [0.2, 0.25) is 0 Å². The van der Waals surface area contributed by atoms with Gasteiger partial charge in [-0.05, 0) is 27.8 Å². The summed E-state index contributed by atoms with van der Waals surface area (Å²) in [7, 11) is 1.87. The molecule has 0 aliphatic rings. The number of rotatable bonds is 4. The van der Waals surface area contributed by atoms with Crippen LogP contribution >= 0.6 is 0 Å². The summed E-state index contributed by atoms with van der Waals surface area (Å²) in [5.74, 6) is 0.000840. The summed E-state index contributed by atoms with van der Waals surface area (Å²) in [5, 5.41) is 5.92. The summed E-state index contributed by atoms with van der Waals surface area (Å²) in [6.45, 7) is 6.92. The predicted molar refractivity (Wildman–Crippen MR) is 62.9 cm³/mol. The van der Waals surface area contributed by atoms with Gasteiger partial charge in [0.15, 0.2) is 0 Å². The van der Waals surface area contributed by atoms with Crippen molar-refractivity contribution in [3.63, 3.8) is 0 Å². The minimum Gasteiger partial charge on any atom is -0.350 e. The summed E-state index contributed by atoms with van der Waals surface area (Å²) in [4.78, 5) is 15.8. The number of hydrogen-bond acceptors (Lipinski definition) is 3. The van der Waals surface area contributed by atoms with Gasteiger partial charge in [-0.25, -0.2) is 4.98 Å². The van der Waals surface area contributed by atoms with Crippen LogP contribution < -0.4 is 10.6 Å². The van der Waals surface area contributed by atoms with Crippen LogP contribution in [-0.4, -0.2) is 28.0 Å². The third-order valence-corrected chi connectivity index (χ3v) is 1.89. The van der Waals surface area contributed by atoms with Gasteiger partial charge in [0.05, 0.1) is 12.0 Å². The smallest absolute Gasteiger partial charge is 0.240 e. The molecule has 0 atom stereocenters. The van der Waals surface area contributed by atoms with E-state index >= 15 is 0 Å². The van der Waals surface area contributed by atoms with E-state index in [1.807, 2.05) is 34.0 Å². The van der Waals surface area contributed by atoms with Crippen LogP contribution in [0, 0.1) is 0 Å². The monoisotopic (exact) mass is 224 g/mol. The largest absolute Gasteiger partial charge is 0.350 e. The lowest BCUT2D eigenvalue weighted by molar-refractivity contribution is -0.123. The number of aromatic nitrogens is 2. The van der Waals surface area contributed by atoms with E-state index in [0.29, 0.717) is 13.1 Å². The van der Waals surface area contributed by atoms with Crippen LogP contribution in [0.3, 0.4) is 0 Å². The Morgan fingerprint density at radius 2 is 2.19 bits per heavy atom. The second kappa shape index (κ2) is 5.12. The number of amides is 1. The maximum atomic E-state index is 11.6. The van der Waals surface area contributed by atoms with E-state index in [9.17, 15) is 4.79 Å². The number of nitrogens with one attached hydrogen (secondary N) is 2. The van der Waals surface area contributed by atoms with Crippen LogP contribution in [0.1, 0.15) is 26.5 Å². The third kappa shape index (κ3) is 4.44. The highest BCUT2D eigenvalue weighted by atomic mass is 16.2. The first-order valence-electron chi connectivity index (χ1n) is 5.37.